The number of benzene rings is 1. The lowest BCUT2D eigenvalue weighted by atomic mass is 10.0. The van der Waals surface area contributed by atoms with E-state index in [9.17, 15) is 15.0 Å². The highest BCUT2D eigenvalue weighted by molar-refractivity contribution is 6.26. The lowest BCUT2D eigenvalue weighted by molar-refractivity contribution is -0.120. The fraction of sp³-hybridized carbons (Fsp3) is 0.308. The van der Waals surface area contributed by atoms with Gasteiger partial charge in [-0.15, -0.1) is 0 Å². The van der Waals surface area contributed by atoms with E-state index in [1.807, 2.05) is 0 Å². The second-order valence-electron chi connectivity index (χ2n) is 4.16. The zero-order valence-electron chi connectivity index (χ0n) is 9.73. The summed E-state index contributed by atoms with van der Waals surface area (Å²) in [5, 5.41) is 19.1. The van der Waals surface area contributed by atoms with Gasteiger partial charge in [-0.25, -0.2) is 0 Å². The summed E-state index contributed by atoms with van der Waals surface area (Å²) in [5.74, 6) is 0.221. The Balaban J connectivity index is 2.51. The number of carbonyl (C=O) groups excluding carboxylic acids is 1. The zero-order valence-corrected chi connectivity index (χ0v) is 9.73. The van der Waals surface area contributed by atoms with Crippen molar-refractivity contribution in [1.82, 2.24) is 0 Å². The second kappa shape index (κ2) is 4.22. The Labute approximate surface area is 99.2 Å². The molecule has 0 amide bonds. The Morgan fingerprint density at radius 1 is 1.35 bits per heavy atom. The van der Waals surface area contributed by atoms with E-state index in [0.717, 1.165) is 5.57 Å². The summed E-state index contributed by atoms with van der Waals surface area (Å²) in [5.41, 5.74) is 1.89. The molecule has 0 radical (unpaired) electrons. The Hall–Kier alpha value is -1.81. The number of aliphatic hydroxyl groups excluding tert-OH is 1. The van der Waals surface area contributed by atoms with Crippen LogP contribution >= 0.6 is 0 Å². The van der Waals surface area contributed by atoms with Crippen molar-refractivity contribution in [2.75, 3.05) is 7.11 Å². The van der Waals surface area contributed by atoms with Gasteiger partial charge in [0.05, 0.1) is 7.11 Å². The smallest absolute Gasteiger partial charge is 0.192 e. The molecule has 0 saturated heterocycles. The van der Waals surface area contributed by atoms with Crippen LogP contribution in [0.2, 0.25) is 0 Å². The molecule has 17 heavy (non-hydrogen) atoms. The molecule has 1 aromatic rings. The Bertz CT molecular complexity index is 502. The van der Waals surface area contributed by atoms with Crippen LogP contribution in [-0.2, 0) is 4.79 Å². The number of hydrogen-bond donors (Lipinski definition) is 2. The van der Waals surface area contributed by atoms with E-state index in [0.29, 0.717) is 23.3 Å². The van der Waals surface area contributed by atoms with Gasteiger partial charge in [-0.1, -0.05) is 5.57 Å². The molecule has 90 valence electrons. The maximum atomic E-state index is 11.8. The summed E-state index contributed by atoms with van der Waals surface area (Å²) < 4.78 is 5.04. The van der Waals surface area contributed by atoms with Crippen LogP contribution in [0.4, 0.5) is 0 Å². The van der Waals surface area contributed by atoms with E-state index >= 15 is 0 Å². The minimum atomic E-state index is -0.960. The van der Waals surface area contributed by atoms with Gasteiger partial charge in [0, 0.05) is 18.1 Å². The number of ketones is 1. The number of hydrogen-bond acceptors (Lipinski definition) is 4. The minimum Gasteiger partial charge on any atom is -0.508 e. The molecule has 2 N–H and O–H groups in total. The minimum absolute atomic E-state index is 0.0360. The van der Waals surface area contributed by atoms with Crippen molar-refractivity contribution in [2.24, 2.45) is 0 Å². The number of methoxy groups -OCH3 is 1. The number of ether oxygens (including phenoxy) is 1. The fourth-order valence-corrected chi connectivity index (χ4v) is 2.10. The molecule has 0 aliphatic heterocycles. The zero-order chi connectivity index (χ0) is 12.6. The van der Waals surface area contributed by atoms with Gasteiger partial charge in [-0.3, -0.25) is 4.79 Å². The molecule has 0 aromatic heterocycles. The molecule has 1 aliphatic rings. The lowest BCUT2D eigenvalue weighted by Crippen LogP contribution is -2.14. The van der Waals surface area contributed by atoms with Crippen molar-refractivity contribution in [2.45, 2.75) is 19.4 Å². The van der Waals surface area contributed by atoms with E-state index in [1.165, 1.54) is 19.2 Å². The van der Waals surface area contributed by atoms with Crippen LogP contribution in [0.15, 0.2) is 23.8 Å². The van der Waals surface area contributed by atoms with Crippen LogP contribution in [0.25, 0.3) is 5.57 Å². The quantitative estimate of drug-likeness (QED) is 0.814. The second-order valence-corrected chi connectivity index (χ2v) is 4.16. The number of phenolic OH excluding ortho intramolecular Hbond substituents is 1. The topological polar surface area (TPSA) is 66.8 Å². The molecule has 1 aliphatic carbocycles. The average Bonchev–Trinajstić information content (AvgIpc) is 2.52. The number of aromatic hydroxyl groups is 1. The molecule has 1 atom stereocenters. The van der Waals surface area contributed by atoms with Crippen LogP contribution in [0.3, 0.4) is 0 Å². The number of Topliss-reactive ketones (excluding diaryl/α,β-unsaturated/α-hetero) is 1. The molecular formula is C13H14O4. The van der Waals surface area contributed by atoms with Crippen LogP contribution in [-0.4, -0.2) is 29.2 Å². The molecule has 1 aromatic carbocycles. The van der Waals surface area contributed by atoms with E-state index in [4.69, 9.17) is 4.74 Å². The van der Waals surface area contributed by atoms with Gasteiger partial charge in [0.1, 0.15) is 17.6 Å². The maximum absolute atomic E-state index is 11.8. The van der Waals surface area contributed by atoms with Gasteiger partial charge in [-0.05, 0) is 24.6 Å². The summed E-state index contributed by atoms with van der Waals surface area (Å²) in [6.45, 7) is 1.81. The van der Waals surface area contributed by atoms with Gasteiger partial charge in [0.25, 0.3) is 0 Å². The molecule has 4 heteroatoms. The van der Waals surface area contributed by atoms with Gasteiger partial charge in [-0.2, -0.15) is 0 Å². The van der Waals surface area contributed by atoms with E-state index < -0.39 is 6.10 Å². The first-order chi connectivity index (χ1) is 8.02. The van der Waals surface area contributed by atoms with Crippen LogP contribution < -0.4 is 4.74 Å². The summed E-state index contributed by atoms with van der Waals surface area (Å²) in [4.78, 5) is 11.8. The molecule has 0 spiro atoms. The SMILES string of the molecule is COc1cc(O)cc(C2=C(C)C[C@@H](O)C2=O)c1. The normalized spacial score (nSPS) is 19.9. The van der Waals surface area contributed by atoms with Crippen molar-refractivity contribution in [3.8, 4) is 11.5 Å². The summed E-state index contributed by atoms with van der Waals surface area (Å²) in [6, 6.07) is 4.64. The molecule has 0 fully saturated rings. The van der Waals surface area contributed by atoms with Crippen molar-refractivity contribution in [1.29, 1.82) is 0 Å². The van der Waals surface area contributed by atoms with Crippen molar-refractivity contribution >= 4 is 11.4 Å². The summed E-state index contributed by atoms with van der Waals surface area (Å²) >= 11 is 0. The highest BCUT2D eigenvalue weighted by Crippen LogP contribution is 2.34. The molecule has 2 rings (SSSR count). The van der Waals surface area contributed by atoms with Gasteiger partial charge in [0.2, 0.25) is 0 Å². The van der Waals surface area contributed by atoms with Crippen LogP contribution in [0.5, 0.6) is 11.5 Å². The number of phenols is 1. The van der Waals surface area contributed by atoms with Crippen molar-refractivity contribution < 1.29 is 19.7 Å². The predicted octanol–water partition coefficient (Wildman–Crippen LogP) is 1.51. The first kappa shape index (κ1) is 11.7. The van der Waals surface area contributed by atoms with Crippen LogP contribution in [0, 0.1) is 0 Å². The molecule has 0 unspecified atom stereocenters. The number of aliphatic hydroxyl groups is 1. The van der Waals surface area contributed by atoms with Crippen LogP contribution in [0.1, 0.15) is 18.9 Å². The molecular weight excluding hydrogens is 220 g/mol. The molecule has 0 bridgehead atoms. The Morgan fingerprint density at radius 3 is 2.59 bits per heavy atom. The summed E-state index contributed by atoms with van der Waals surface area (Å²) in [7, 11) is 1.49. The first-order valence-electron chi connectivity index (χ1n) is 5.33. The molecule has 0 saturated carbocycles. The molecule has 0 heterocycles. The number of rotatable bonds is 2. The van der Waals surface area contributed by atoms with Gasteiger partial charge in [0.15, 0.2) is 5.78 Å². The highest BCUT2D eigenvalue weighted by atomic mass is 16.5. The van der Waals surface area contributed by atoms with E-state index in [1.54, 1.807) is 13.0 Å². The lowest BCUT2D eigenvalue weighted by Gasteiger charge is -2.07. The maximum Gasteiger partial charge on any atom is 0.192 e. The Kier molecular flexibility index (Phi) is 2.90. The third-order valence-corrected chi connectivity index (χ3v) is 2.89. The fourth-order valence-electron chi connectivity index (χ4n) is 2.10. The van der Waals surface area contributed by atoms with E-state index in [2.05, 4.69) is 0 Å². The van der Waals surface area contributed by atoms with Gasteiger partial charge >= 0.3 is 0 Å². The monoisotopic (exact) mass is 234 g/mol. The van der Waals surface area contributed by atoms with Crippen molar-refractivity contribution in [3.05, 3.63) is 29.3 Å². The first-order valence-corrected chi connectivity index (χ1v) is 5.33. The highest BCUT2D eigenvalue weighted by Gasteiger charge is 2.30. The number of carbonyl (C=O) groups is 1. The van der Waals surface area contributed by atoms with Crippen molar-refractivity contribution in [3.63, 3.8) is 0 Å². The largest absolute Gasteiger partial charge is 0.508 e. The van der Waals surface area contributed by atoms with E-state index in [-0.39, 0.29) is 11.5 Å². The molecule has 4 nitrogen and oxygen atoms in total. The standard InChI is InChI=1S/C13H14O4/c1-7-3-11(15)13(16)12(7)8-4-9(14)6-10(5-8)17-2/h4-6,11,14-15H,3H2,1-2H3/t11-/m1/s1. The van der Waals surface area contributed by atoms with Gasteiger partial charge < -0.3 is 14.9 Å². The summed E-state index contributed by atoms with van der Waals surface area (Å²) in [6.07, 6.45) is -0.607. The third-order valence-electron chi connectivity index (χ3n) is 2.89. The predicted molar refractivity (Wildman–Crippen MR) is 62.9 cm³/mol. The average molecular weight is 234 g/mol. The third kappa shape index (κ3) is 2.03. The Morgan fingerprint density at radius 2 is 2.06 bits per heavy atom.